The Morgan fingerprint density at radius 1 is 1.14 bits per heavy atom. The maximum absolute atomic E-state index is 12.6. The number of hydrogen-bond donors (Lipinski definition) is 1. The number of alkyl halides is 3. The second kappa shape index (κ2) is 8.19. The standard InChI is InChI=1S/C18H19F3N2O4S/c1-12-10-15(8-9-16(12)27-3)28(25,26)23(2)11-17(24)22-14-6-4-13(5-7-14)18(19,20)21/h4-10H,11H2,1-3H3,(H,22,24). The van der Waals surface area contributed by atoms with Crippen LogP contribution in [0, 0.1) is 6.92 Å². The number of aryl methyl sites for hydroxylation is 1. The van der Waals surface area contributed by atoms with Crippen LogP contribution in [0.5, 0.6) is 5.75 Å². The average Bonchev–Trinajstić information content (AvgIpc) is 2.61. The molecule has 0 aliphatic rings. The van der Waals surface area contributed by atoms with Gasteiger partial charge < -0.3 is 10.1 Å². The topological polar surface area (TPSA) is 75.7 Å². The van der Waals surface area contributed by atoms with Crippen molar-refractivity contribution in [3.05, 3.63) is 53.6 Å². The van der Waals surface area contributed by atoms with E-state index in [0.717, 1.165) is 28.6 Å². The van der Waals surface area contributed by atoms with Gasteiger partial charge >= 0.3 is 6.18 Å². The molecule has 1 N–H and O–H groups in total. The highest BCUT2D eigenvalue weighted by Crippen LogP contribution is 2.29. The quantitative estimate of drug-likeness (QED) is 0.784. The lowest BCUT2D eigenvalue weighted by molar-refractivity contribution is -0.137. The van der Waals surface area contributed by atoms with Gasteiger partial charge in [-0.3, -0.25) is 4.79 Å². The fourth-order valence-corrected chi connectivity index (χ4v) is 3.63. The number of nitrogens with one attached hydrogen (secondary N) is 1. The average molecular weight is 416 g/mol. The summed E-state index contributed by atoms with van der Waals surface area (Å²) in [6.45, 7) is 1.18. The number of rotatable bonds is 6. The number of ether oxygens (including phenoxy) is 1. The predicted octanol–water partition coefficient (Wildman–Crippen LogP) is 3.28. The molecule has 0 bridgehead atoms. The Morgan fingerprint density at radius 3 is 2.25 bits per heavy atom. The number of anilines is 1. The van der Waals surface area contributed by atoms with Crippen LogP contribution < -0.4 is 10.1 Å². The van der Waals surface area contributed by atoms with Crippen LogP contribution in [0.1, 0.15) is 11.1 Å². The van der Waals surface area contributed by atoms with Gasteiger partial charge in [0.2, 0.25) is 15.9 Å². The zero-order valence-corrected chi connectivity index (χ0v) is 16.2. The lowest BCUT2D eigenvalue weighted by atomic mass is 10.2. The summed E-state index contributed by atoms with van der Waals surface area (Å²) in [6, 6.07) is 8.17. The molecule has 1 amide bonds. The number of carbonyl (C=O) groups is 1. The molecule has 2 rings (SSSR count). The van der Waals surface area contributed by atoms with Crippen molar-refractivity contribution in [2.45, 2.75) is 18.0 Å². The first kappa shape index (κ1) is 21.7. The summed E-state index contributed by atoms with van der Waals surface area (Å²) in [5, 5.41) is 2.37. The lowest BCUT2D eigenvalue weighted by Gasteiger charge is -2.18. The Kier molecular flexibility index (Phi) is 6.35. The predicted molar refractivity (Wildman–Crippen MR) is 97.6 cm³/mol. The minimum Gasteiger partial charge on any atom is -0.496 e. The Hall–Kier alpha value is -2.59. The maximum atomic E-state index is 12.6. The third-order valence-electron chi connectivity index (χ3n) is 3.94. The van der Waals surface area contributed by atoms with Gasteiger partial charge in [-0.15, -0.1) is 0 Å². The molecule has 6 nitrogen and oxygen atoms in total. The number of carbonyl (C=O) groups excluding carboxylic acids is 1. The first-order valence-corrected chi connectivity index (χ1v) is 9.47. The second-order valence-corrected chi connectivity index (χ2v) is 8.06. The van der Waals surface area contributed by atoms with Crippen molar-refractivity contribution in [3.8, 4) is 5.75 Å². The fraction of sp³-hybridized carbons (Fsp3) is 0.278. The van der Waals surface area contributed by atoms with Gasteiger partial charge in [-0.1, -0.05) is 0 Å². The third kappa shape index (κ3) is 5.02. The molecule has 0 saturated heterocycles. The summed E-state index contributed by atoms with van der Waals surface area (Å²) in [4.78, 5) is 12.1. The van der Waals surface area contributed by atoms with Crippen LogP contribution in [0.2, 0.25) is 0 Å². The molecule has 0 spiro atoms. The molecule has 2 aromatic carbocycles. The molecule has 0 aliphatic carbocycles. The molecular weight excluding hydrogens is 397 g/mol. The third-order valence-corrected chi connectivity index (χ3v) is 5.74. The van der Waals surface area contributed by atoms with Crippen LogP contribution in [-0.2, 0) is 21.0 Å². The van der Waals surface area contributed by atoms with Crippen LogP contribution in [-0.4, -0.2) is 39.3 Å². The number of benzene rings is 2. The summed E-state index contributed by atoms with van der Waals surface area (Å²) in [5.74, 6) is -0.155. The highest BCUT2D eigenvalue weighted by molar-refractivity contribution is 7.89. The van der Waals surface area contributed by atoms with E-state index in [1.165, 1.54) is 32.4 Å². The van der Waals surface area contributed by atoms with Gasteiger partial charge in [0.1, 0.15) is 5.75 Å². The Labute approximate surface area is 161 Å². The van der Waals surface area contributed by atoms with Gasteiger partial charge in [0.15, 0.2) is 0 Å². The molecule has 10 heteroatoms. The molecule has 0 atom stereocenters. The monoisotopic (exact) mass is 416 g/mol. The van der Waals surface area contributed by atoms with Gasteiger partial charge in [0.25, 0.3) is 0 Å². The second-order valence-electron chi connectivity index (χ2n) is 6.02. The summed E-state index contributed by atoms with van der Waals surface area (Å²) >= 11 is 0. The number of likely N-dealkylation sites (N-methyl/N-ethyl adjacent to an activating group) is 1. The molecule has 0 saturated carbocycles. The van der Waals surface area contributed by atoms with Crippen molar-refractivity contribution in [1.29, 1.82) is 0 Å². The zero-order valence-electron chi connectivity index (χ0n) is 15.4. The normalized spacial score (nSPS) is 12.1. The smallest absolute Gasteiger partial charge is 0.416 e. The summed E-state index contributed by atoms with van der Waals surface area (Å²) in [6.07, 6.45) is -4.48. The van der Waals surface area contributed by atoms with Crippen LogP contribution in [0.4, 0.5) is 18.9 Å². The van der Waals surface area contributed by atoms with E-state index >= 15 is 0 Å². The van der Waals surface area contributed by atoms with Crippen molar-refractivity contribution < 1.29 is 31.1 Å². The number of amides is 1. The molecule has 0 unspecified atom stereocenters. The van der Waals surface area contributed by atoms with Crippen LogP contribution >= 0.6 is 0 Å². The van der Waals surface area contributed by atoms with E-state index in [0.29, 0.717) is 11.3 Å². The SMILES string of the molecule is COc1ccc(S(=O)(=O)N(C)CC(=O)Nc2ccc(C(F)(F)F)cc2)cc1C. The van der Waals surface area contributed by atoms with E-state index in [9.17, 15) is 26.4 Å². The van der Waals surface area contributed by atoms with Crippen molar-refractivity contribution >= 4 is 21.6 Å². The Morgan fingerprint density at radius 2 is 1.75 bits per heavy atom. The van der Waals surface area contributed by atoms with Gasteiger partial charge in [0, 0.05) is 12.7 Å². The van der Waals surface area contributed by atoms with E-state index < -0.39 is 34.2 Å². The van der Waals surface area contributed by atoms with Crippen molar-refractivity contribution in [3.63, 3.8) is 0 Å². The van der Waals surface area contributed by atoms with Crippen LogP contribution in [0.15, 0.2) is 47.4 Å². The zero-order chi connectivity index (χ0) is 21.1. The van der Waals surface area contributed by atoms with Gasteiger partial charge in [-0.2, -0.15) is 17.5 Å². The highest BCUT2D eigenvalue weighted by Gasteiger charge is 2.30. The molecule has 0 heterocycles. The maximum Gasteiger partial charge on any atom is 0.416 e. The summed E-state index contributed by atoms with van der Waals surface area (Å²) in [7, 11) is -1.23. The molecular formula is C18H19F3N2O4S. The molecule has 0 fully saturated rings. The first-order chi connectivity index (χ1) is 12.9. The van der Waals surface area contributed by atoms with E-state index in [1.807, 2.05) is 0 Å². The molecule has 0 radical (unpaired) electrons. The van der Waals surface area contributed by atoms with Crippen LogP contribution in [0.25, 0.3) is 0 Å². The number of sulfonamides is 1. The first-order valence-electron chi connectivity index (χ1n) is 8.03. The number of nitrogens with zero attached hydrogens (tertiary/aromatic N) is 1. The van der Waals surface area contributed by atoms with E-state index in [4.69, 9.17) is 4.74 Å². The molecule has 0 aliphatic heterocycles. The minimum absolute atomic E-state index is 0.00405. The van der Waals surface area contributed by atoms with E-state index in [-0.39, 0.29) is 10.6 Å². The molecule has 2 aromatic rings. The molecule has 28 heavy (non-hydrogen) atoms. The highest BCUT2D eigenvalue weighted by atomic mass is 32.2. The van der Waals surface area contributed by atoms with Gasteiger partial charge in [0.05, 0.1) is 24.1 Å². The van der Waals surface area contributed by atoms with Crippen molar-refractivity contribution in [2.24, 2.45) is 0 Å². The van der Waals surface area contributed by atoms with E-state index in [1.54, 1.807) is 6.92 Å². The fourth-order valence-electron chi connectivity index (χ4n) is 2.42. The number of hydrogen-bond acceptors (Lipinski definition) is 4. The number of methoxy groups -OCH3 is 1. The van der Waals surface area contributed by atoms with Crippen LogP contribution in [0.3, 0.4) is 0 Å². The molecule has 152 valence electrons. The van der Waals surface area contributed by atoms with Crippen molar-refractivity contribution in [1.82, 2.24) is 4.31 Å². The van der Waals surface area contributed by atoms with Gasteiger partial charge in [-0.25, -0.2) is 8.42 Å². The van der Waals surface area contributed by atoms with Crippen molar-refractivity contribution in [2.75, 3.05) is 26.0 Å². The summed E-state index contributed by atoms with van der Waals surface area (Å²) < 4.78 is 68.8. The lowest BCUT2D eigenvalue weighted by Crippen LogP contribution is -2.35. The number of halogens is 3. The Bertz CT molecular complexity index is 958. The molecule has 0 aromatic heterocycles. The minimum atomic E-state index is -4.48. The summed E-state index contributed by atoms with van der Waals surface area (Å²) in [5.41, 5.74) is -0.102. The largest absolute Gasteiger partial charge is 0.496 e. The van der Waals surface area contributed by atoms with Gasteiger partial charge in [-0.05, 0) is 55.0 Å². The van der Waals surface area contributed by atoms with E-state index in [2.05, 4.69) is 5.32 Å². The Balaban J connectivity index is 2.07.